The number of ether oxygens (including phenoxy) is 1. The zero-order chi connectivity index (χ0) is 15.9. The molecule has 0 amide bonds. The lowest BCUT2D eigenvalue weighted by atomic mass is 10.0. The summed E-state index contributed by atoms with van der Waals surface area (Å²) in [5, 5.41) is 3.26. The number of nitrogens with one attached hydrogen (secondary N) is 1. The maximum atomic E-state index is 12.4. The lowest BCUT2D eigenvalue weighted by Crippen LogP contribution is -2.33. The fourth-order valence-corrected chi connectivity index (χ4v) is 2.18. The maximum absolute atomic E-state index is 12.4. The molecule has 1 unspecified atom stereocenters. The number of ketones is 1. The van der Waals surface area contributed by atoms with Crippen molar-refractivity contribution in [2.24, 2.45) is 0 Å². The summed E-state index contributed by atoms with van der Waals surface area (Å²) < 4.78 is 5.59. The molecule has 0 aliphatic heterocycles. The minimum Gasteiger partial charge on any atom is -0.491 e. The minimum absolute atomic E-state index is 0.0898. The van der Waals surface area contributed by atoms with Crippen LogP contribution in [-0.4, -0.2) is 17.9 Å². The molecule has 0 bridgehead atoms. The van der Waals surface area contributed by atoms with E-state index in [0.717, 1.165) is 5.75 Å². The van der Waals surface area contributed by atoms with Gasteiger partial charge < -0.3 is 10.1 Å². The summed E-state index contributed by atoms with van der Waals surface area (Å²) >= 11 is 0. The molecule has 0 spiro atoms. The predicted octanol–water partition coefficient (Wildman–Crippen LogP) is 3.83. The summed E-state index contributed by atoms with van der Waals surface area (Å²) in [6.45, 7) is 6.54. The van der Waals surface area contributed by atoms with Crippen LogP contribution in [0, 0.1) is 0 Å². The second kappa shape index (κ2) is 7.76. The van der Waals surface area contributed by atoms with E-state index in [4.69, 9.17) is 4.74 Å². The van der Waals surface area contributed by atoms with E-state index in [1.807, 2.05) is 75.4 Å². The molecule has 0 aromatic heterocycles. The fraction of sp³-hybridized carbons (Fsp3) is 0.316. The predicted molar refractivity (Wildman–Crippen MR) is 89.3 cm³/mol. The van der Waals surface area contributed by atoms with Crippen LogP contribution in [0.15, 0.2) is 54.6 Å². The van der Waals surface area contributed by atoms with Gasteiger partial charge in [-0.15, -0.1) is 0 Å². The molecular weight excluding hydrogens is 274 g/mol. The van der Waals surface area contributed by atoms with Crippen molar-refractivity contribution in [2.45, 2.75) is 39.5 Å². The highest BCUT2D eigenvalue weighted by molar-refractivity contribution is 5.99. The zero-order valence-electron chi connectivity index (χ0n) is 13.4. The number of rotatable bonds is 7. The molecule has 3 nitrogen and oxygen atoms in total. The third kappa shape index (κ3) is 4.71. The van der Waals surface area contributed by atoms with Gasteiger partial charge in [-0.1, -0.05) is 30.3 Å². The second-order valence-electron chi connectivity index (χ2n) is 5.64. The van der Waals surface area contributed by atoms with Crippen molar-refractivity contribution in [2.75, 3.05) is 0 Å². The van der Waals surface area contributed by atoms with Gasteiger partial charge in [-0.05, 0) is 50.6 Å². The molecule has 0 heterocycles. The average molecular weight is 297 g/mol. The summed E-state index contributed by atoms with van der Waals surface area (Å²) in [4.78, 5) is 12.4. The van der Waals surface area contributed by atoms with Gasteiger partial charge in [-0.25, -0.2) is 0 Å². The van der Waals surface area contributed by atoms with Crippen molar-refractivity contribution in [3.05, 3.63) is 65.7 Å². The van der Waals surface area contributed by atoms with E-state index < -0.39 is 0 Å². The van der Waals surface area contributed by atoms with Crippen LogP contribution in [0.3, 0.4) is 0 Å². The van der Waals surface area contributed by atoms with Crippen molar-refractivity contribution in [3.8, 4) is 5.75 Å². The first-order valence-corrected chi connectivity index (χ1v) is 7.64. The number of carbonyl (C=O) groups excluding carboxylic acids is 1. The van der Waals surface area contributed by atoms with Gasteiger partial charge in [0, 0.05) is 12.1 Å². The normalized spacial score (nSPS) is 12.2. The second-order valence-corrected chi connectivity index (χ2v) is 5.64. The van der Waals surface area contributed by atoms with Crippen LogP contribution in [0.1, 0.15) is 36.7 Å². The van der Waals surface area contributed by atoms with E-state index in [-0.39, 0.29) is 17.9 Å². The van der Waals surface area contributed by atoms with E-state index in [1.165, 1.54) is 5.56 Å². The Bertz CT molecular complexity index is 591. The molecule has 2 aromatic rings. The molecule has 1 N–H and O–H groups in total. The Morgan fingerprint density at radius 2 is 1.64 bits per heavy atom. The summed E-state index contributed by atoms with van der Waals surface area (Å²) in [7, 11) is 0. The first-order chi connectivity index (χ1) is 10.6. The largest absolute Gasteiger partial charge is 0.491 e. The van der Waals surface area contributed by atoms with Crippen LogP contribution in [0.4, 0.5) is 0 Å². The molecular formula is C19H23NO2. The van der Waals surface area contributed by atoms with Crippen molar-refractivity contribution >= 4 is 5.78 Å². The Morgan fingerprint density at radius 1 is 1.00 bits per heavy atom. The lowest BCUT2D eigenvalue weighted by molar-refractivity contribution is 0.0950. The third-order valence-corrected chi connectivity index (χ3v) is 3.36. The summed E-state index contributed by atoms with van der Waals surface area (Å²) in [6, 6.07) is 17.2. The zero-order valence-corrected chi connectivity index (χ0v) is 13.4. The smallest absolute Gasteiger partial charge is 0.179 e. The molecule has 3 heteroatoms. The van der Waals surface area contributed by atoms with Gasteiger partial charge in [0.25, 0.3) is 0 Å². The standard InChI is InChI=1S/C19H23NO2/c1-14(2)22-18-11-9-17(10-12-18)19(21)15(3)20-13-16-7-5-4-6-8-16/h4-12,14-15,20H,13H2,1-3H3. The van der Waals surface area contributed by atoms with Gasteiger partial charge in [-0.3, -0.25) is 4.79 Å². The number of hydrogen-bond acceptors (Lipinski definition) is 3. The molecule has 0 saturated carbocycles. The highest BCUT2D eigenvalue weighted by Crippen LogP contribution is 2.15. The lowest BCUT2D eigenvalue weighted by Gasteiger charge is -2.14. The molecule has 2 rings (SSSR count). The molecule has 0 radical (unpaired) electrons. The van der Waals surface area contributed by atoms with Gasteiger partial charge in [0.15, 0.2) is 5.78 Å². The first-order valence-electron chi connectivity index (χ1n) is 7.64. The number of carbonyl (C=O) groups is 1. The van der Waals surface area contributed by atoms with Crippen molar-refractivity contribution in [3.63, 3.8) is 0 Å². The molecule has 0 saturated heterocycles. The monoisotopic (exact) mass is 297 g/mol. The topological polar surface area (TPSA) is 38.3 Å². The quantitative estimate of drug-likeness (QED) is 0.789. The van der Waals surface area contributed by atoms with E-state index in [0.29, 0.717) is 12.1 Å². The summed E-state index contributed by atoms with van der Waals surface area (Å²) in [5.41, 5.74) is 1.87. The van der Waals surface area contributed by atoms with Crippen LogP contribution in [0.5, 0.6) is 5.75 Å². The molecule has 0 fully saturated rings. The van der Waals surface area contributed by atoms with E-state index in [9.17, 15) is 4.79 Å². The highest BCUT2D eigenvalue weighted by atomic mass is 16.5. The Hall–Kier alpha value is -2.13. The molecule has 2 aromatic carbocycles. The van der Waals surface area contributed by atoms with Gasteiger partial charge in [-0.2, -0.15) is 0 Å². The summed E-state index contributed by atoms with van der Waals surface area (Å²) in [5.74, 6) is 0.878. The van der Waals surface area contributed by atoms with E-state index >= 15 is 0 Å². The van der Waals surface area contributed by atoms with Gasteiger partial charge in [0.05, 0.1) is 12.1 Å². The molecule has 1 atom stereocenters. The van der Waals surface area contributed by atoms with Gasteiger partial charge in [0.1, 0.15) is 5.75 Å². The highest BCUT2D eigenvalue weighted by Gasteiger charge is 2.14. The maximum Gasteiger partial charge on any atom is 0.179 e. The Kier molecular flexibility index (Phi) is 5.73. The molecule has 0 aliphatic rings. The first kappa shape index (κ1) is 16.2. The Balaban J connectivity index is 1.92. The van der Waals surface area contributed by atoms with E-state index in [1.54, 1.807) is 0 Å². The van der Waals surface area contributed by atoms with Gasteiger partial charge >= 0.3 is 0 Å². The molecule has 116 valence electrons. The molecule has 0 aliphatic carbocycles. The van der Waals surface area contributed by atoms with Gasteiger partial charge in [0.2, 0.25) is 0 Å². The summed E-state index contributed by atoms with van der Waals surface area (Å²) in [6.07, 6.45) is 0.132. The SMILES string of the molecule is CC(C)Oc1ccc(C(=O)C(C)NCc2ccccc2)cc1. The van der Waals surface area contributed by atoms with Crippen LogP contribution in [0.25, 0.3) is 0 Å². The van der Waals surface area contributed by atoms with Crippen LogP contribution < -0.4 is 10.1 Å². The number of Topliss-reactive ketones (excluding diaryl/α,β-unsaturated/α-hetero) is 1. The van der Waals surface area contributed by atoms with Crippen molar-refractivity contribution in [1.82, 2.24) is 5.32 Å². The van der Waals surface area contributed by atoms with Crippen LogP contribution in [-0.2, 0) is 6.54 Å². The molecule has 22 heavy (non-hydrogen) atoms. The van der Waals surface area contributed by atoms with Crippen LogP contribution >= 0.6 is 0 Å². The fourth-order valence-electron chi connectivity index (χ4n) is 2.18. The Morgan fingerprint density at radius 3 is 2.23 bits per heavy atom. The third-order valence-electron chi connectivity index (χ3n) is 3.36. The Labute approximate surface area is 132 Å². The average Bonchev–Trinajstić information content (AvgIpc) is 2.53. The van der Waals surface area contributed by atoms with Crippen molar-refractivity contribution < 1.29 is 9.53 Å². The minimum atomic E-state index is -0.225. The van der Waals surface area contributed by atoms with Crippen LogP contribution in [0.2, 0.25) is 0 Å². The number of benzene rings is 2. The number of hydrogen-bond donors (Lipinski definition) is 1. The van der Waals surface area contributed by atoms with Crippen molar-refractivity contribution in [1.29, 1.82) is 0 Å². The van der Waals surface area contributed by atoms with E-state index in [2.05, 4.69) is 5.32 Å².